The summed E-state index contributed by atoms with van der Waals surface area (Å²) in [5.41, 5.74) is 6.56. The van der Waals surface area contributed by atoms with Gasteiger partial charge in [-0.2, -0.15) is 0 Å². The smallest absolute Gasteiger partial charge is 0.414 e. The summed E-state index contributed by atoms with van der Waals surface area (Å²) in [6, 6.07) is 8.06. The fourth-order valence-corrected chi connectivity index (χ4v) is 4.22. The number of hydrogen-bond donors (Lipinski definition) is 1. The average molecular weight is 490 g/mol. The Kier molecular flexibility index (Phi) is 6.87. The molecule has 9 nitrogen and oxygen atoms in total. The number of aromatic nitrogens is 1. The number of rotatable bonds is 6. The highest BCUT2D eigenvalue weighted by atomic mass is 35.5. The second-order valence-corrected chi connectivity index (χ2v) is 8.56. The van der Waals surface area contributed by atoms with Gasteiger partial charge in [0, 0.05) is 43.5 Å². The Morgan fingerprint density at radius 3 is 2.56 bits per heavy atom. The maximum absolute atomic E-state index is 15.0. The van der Waals surface area contributed by atoms with Gasteiger partial charge in [0.25, 0.3) is 0 Å². The van der Waals surface area contributed by atoms with Crippen LogP contribution < -0.4 is 15.5 Å². The third-order valence-electron chi connectivity index (χ3n) is 6.24. The zero-order valence-corrected chi connectivity index (χ0v) is 19.4. The second-order valence-electron chi connectivity index (χ2n) is 8.29. The van der Waals surface area contributed by atoms with E-state index in [4.69, 9.17) is 22.1 Å². The first kappa shape index (κ1) is 23.7. The summed E-state index contributed by atoms with van der Waals surface area (Å²) < 4.78 is 20.2. The van der Waals surface area contributed by atoms with Gasteiger partial charge in [0.05, 0.1) is 18.2 Å². The van der Waals surface area contributed by atoms with Gasteiger partial charge in [0.2, 0.25) is 11.8 Å². The Bertz CT molecular complexity index is 1090. The number of piperazine rings is 1. The van der Waals surface area contributed by atoms with E-state index in [0.29, 0.717) is 43.0 Å². The van der Waals surface area contributed by atoms with Gasteiger partial charge in [-0.1, -0.05) is 0 Å². The number of halogens is 2. The summed E-state index contributed by atoms with van der Waals surface area (Å²) in [5.74, 6) is -1.09. The van der Waals surface area contributed by atoms with Gasteiger partial charge in [-0.25, -0.2) is 14.2 Å². The number of primary amides is 1. The molecule has 0 radical (unpaired) electrons. The predicted molar refractivity (Wildman–Crippen MR) is 125 cm³/mol. The number of carbonyl (C=O) groups is 3. The second kappa shape index (κ2) is 9.84. The van der Waals surface area contributed by atoms with Gasteiger partial charge in [0.15, 0.2) is 0 Å². The molecule has 1 aromatic heterocycles. The number of alkyl halides is 1. The van der Waals surface area contributed by atoms with Gasteiger partial charge in [-0.3, -0.25) is 14.5 Å². The molecule has 0 spiro atoms. The first-order valence-corrected chi connectivity index (χ1v) is 11.4. The molecule has 2 saturated heterocycles. The van der Waals surface area contributed by atoms with E-state index in [2.05, 4.69) is 9.88 Å². The van der Waals surface area contributed by atoms with Crippen molar-refractivity contribution >= 4 is 41.0 Å². The van der Waals surface area contributed by atoms with Crippen molar-refractivity contribution in [3.8, 4) is 11.1 Å². The quantitative estimate of drug-likeness (QED) is 0.623. The third-order valence-corrected chi connectivity index (χ3v) is 6.46. The minimum absolute atomic E-state index is 0.0245. The van der Waals surface area contributed by atoms with E-state index in [1.54, 1.807) is 36.2 Å². The van der Waals surface area contributed by atoms with E-state index in [0.717, 1.165) is 5.82 Å². The van der Waals surface area contributed by atoms with Crippen LogP contribution in [0.5, 0.6) is 0 Å². The highest BCUT2D eigenvalue weighted by Crippen LogP contribution is 2.30. The van der Waals surface area contributed by atoms with Crippen LogP contribution in [0.4, 0.5) is 20.7 Å². The molecule has 2 fully saturated rings. The van der Waals surface area contributed by atoms with E-state index in [-0.39, 0.29) is 18.3 Å². The number of nitrogens with zero attached hydrogens (tertiary/aromatic N) is 4. The van der Waals surface area contributed by atoms with E-state index in [9.17, 15) is 18.8 Å². The van der Waals surface area contributed by atoms with Crippen LogP contribution in [0.1, 0.15) is 6.92 Å². The van der Waals surface area contributed by atoms with E-state index >= 15 is 0 Å². The van der Waals surface area contributed by atoms with Crippen molar-refractivity contribution in [3.63, 3.8) is 0 Å². The fraction of sp³-hybridized carbons (Fsp3) is 0.391. The monoisotopic (exact) mass is 489 g/mol. The predicted octanol–water partition coefficient (Wildman–Crippen LogP) is 2.22. The van der Waals surface area contributed by atoms with Gasteiger partial charge in [-0.15, -0.1) is 11.6 Å². The molecule has 11 heteroatoms. The lowest BCUT2D eigenvalue weighted by atomic mass is 10.0. The Morgan fingerprint density at radius 1 is 1.24 bits per heavy atom. The number of cyclic esters (lactones) is 1. The molecule has 3 heterocycles. The van der Waals surface area contributed by atoms with Crippen molar-refractivity contribution in [2.45, 2.75) is 13.0 Å². The topological polar surface area (TPSA) is 109 Å². The molecule has 2 aliphatic heterocycles. The molecule has 34 heavy (non-hydrogen) atoms. The molecule has 2 atom stereocenters. The molecular formula is C23H25ClFN5O4. The summed E-state index contributed by atoms with van der Waals surface area (Å²) in [6.45, 7) is 4.12. The number of anilines is 2. The Labute approximate surface area is 201 Å². The van der Waals surface area contributed by atoms with Gasteiger partial charge in [-0.05, 0) is 37.3 Å². The molecule has 4 rings (SSSR count). The molecule has 180 valence electrons. The van der Waals surface area contributed by atoms with Crippen LogP contribution in [0.2, 0.25) is 0 Å². The average Bonchev–Trinajstić information content (AvgIpc) is 3.24. The number of carbonyl (C=O) groups excluding carboxylic acids is 3. The zero-order valence-electron chi connectivity index (χ0n) is 18.6. The molecular weight excluding hydrogens is 465 g/mol. The molecule has 1 unspecified atom stereocenters. The normalized spacial score (nSPS) is 19.2. The zero-order chi connectivity index (χ0) is 24.4. The van der Waals surface area contributed by atoms with Gasteiger partial charge >= 0.3 is 6.09 Å². The summed E-state index contributed by atoms with van der Waals surface area (Å²) >= 11 is 5.62. The number of pyridine rings is 1. The highest BCUT2D eigenvalue weighted by molar-refractivity contribution is 6.27. The van der Waals surface area contributed by atoms with Crippen molar-refractivity contribution in [2.75, 3.05) is 48.4 Å². The number of nitrogens with two attached hydrogens (primary N) is 1. The van der Waals surface area contributed by atoms with Crippen LogP contribution in [0.15, 0.2) is 36.5 Å². The molecule has 0 aliphatic carbocycles. The summed E-state index contributed by atoms with van der Waals surface area (Å²) in [4.78, 5) is 44.9. The number of ether oxygens (including phenoxy) is 1. The standard InChI is InChI=1S/C23H25ClFN5O4/c1-14(22(26)32)19-13-30(23(33)34-19)16-3-4-17(18(25)10-16)15-2-5-20(27-12-15)28-6-8-29(9-7-28)21(31)11-24/h2-5,10,12,14,19H,6-9,11,13H2,1H3,(H2,26,32)/t14-,19?/m0/s1. The minimum Gasteiger partial charge on any atom is -0.443 e. The summed E-state index contributed by atoms with van der Waals surface area (Å²) in [6.07, 6.45) is 0.266. The summed E-state index contributed by atoms with van der Waals surface area (Å²) in [5, 5.41) is 0. The molecule has 2 aliphatic rings. The molecule has 2 aromatic rings. The minimum atomic E-state index is -0.681. The maximum atomic E-state index is 15.0. The lowest BCUT2D eigenvalue weighted by Crippen LogP contribution is -2.49. The Morgan fingerprint density at radius 2 is 1.97 bits per heavy atom. The van der Waals surface area contributed by atoms with Crippen LogP contribution in [-0.4, -0.2) is 72.5 Å². The summed E-state index contributed by atoms with van der Waals surface area (Å²) in [7, 11) is 0. The van der Waals surface area contributed by atoms with E-state index in [1.165, 1.54) is 11.0 Å². The first-order valence-electron chi connectivity index (χ1n) is 10.9. The SMILES string of the molecule is C[C@H](C(N)=O)C1CN(c2ccc(-c3ccc(N4CCN(C(=O)CCl)CC4)nc3)c(F)c2)C(=O)O1. The molecule has 1 aromatic carbocycles. The molecule has 0 bridgehead atoms. The van der Waals surface area contributed by atoms with Crippen molar-refractivity contribution in [2.24, 2.45) is 11.7 Å². The third kappa shape index (κ3) is 4.77. The van der Waals surface area contributed by atoms with Crippen LogP contribution in [0.3, 0.4) is 0 Å². The Balaban J connectivity index is 1.44. The molecule has 3 amide bonds. The van der Waals surface area contributed by atoms with E-state index < -0.39 is 29.8 Å². The van der Waals surface area contributed by atoms with Gasteiger partial charge in [0.1, 0.15) is 23.6 Å². The van der Waals surface area contributed by atoms with Crippen LogP contribution >= 0.6 is 11.6 Å². The van der Waals surface area contributed by atoms with Crippen molar-refractivity contribution < 1.29 is 23.5 Å². The lowest BCUT2D eigenvalue weighted by Gasteiger charge is -2.35. The van der Waals surface area contributed by atoms with Crippen molar-refractivity contribution in [3.05, 3.63) is 42.3 Å². The van der Waals surface area contributed by atoms with E-state index in [1.807, 2.05) is 6.07 Å². The van der Waals surface area contributed by atoms with Crippen molar-refractivity contribution in [1.82, 2.24) is 9.88 Å². The largest absolute Gasteiger partial charge is 0.443 e. The number of benzene rings is 1. The first-order chi connectivity index (χ1) is 16.3. The number of hydrogen-bond acceptors (Lipinski definition) is 6. The van der Waals surface area contributed by atoms with Crippen molar-refractivity contribution in [1.29, 1.82) is 0 Å². The van der Waals surface area contributed by atoms with Crippen LogP contribution in [-0.2, 0) is 14.3 Å². The maximum Gasteiger partial charge on any atom is 0.414 e. The fourth-order valence-electron chi connectivity index (χ4n) is 4.05. The highest BCUT2D eigenvalue weighted by Gasteiger charge is 2.38. The number of amides is 3. The lowest BCUT2D eigenvalue weighted by molar-refractivity contribution is -0.128. The Hall–Kier alpha value is -3.40. The molecule has 0 saturated carbocycles. The molecule has 2 N–H and O–H groups in total. The van der Waals surface area contributed by atoms with Crippen LogP contribution in [0, 0.1) is 11.7 Å². The van der Waals surface area contributed by atoms with Gasteiger partial charge < -0.3 is 20.3 Å². The van der Waals surface area contributed by atoms with Crippen LogP contribution in [0.25, 0.3) is 11.1 Å².